The van der Waals surface area contributed by atoms with Gasteiger partial charge < -0.3 is 10.4 Å². The number of rotatable bonds is 6. The Kier molecular flexibility index (Phi) is 7.56. The number of aryl methyl sites for hydroxylation is 1. The summed E-state index contributed by atoms with van der Waals surface area (Å²) in [5.41, 5.74) is 2.47. The zero-order valence-corrected chi connectivity index (χ0v) is 13.2. The van der Waals surface area contributed by atoms with Crippen LogP contribution in [0.5, 0.6) is 0 Å². The lowest BCUT2D eigenvalue weighted by Crippen LogP contribution is -2.32. The van der Waals surface area contributed by atoms with Gasteiger partial charge in [-0.05, 0) is 44.0 Å². The molecule has 21 heavy (non-hydrogen) atoms. The quantitative estimate of drug-likeness (QED) is 0.790. The van der Waals surface area contributed by atoms with Gasteiger partial charge in [0.25, 0.3) is 5.91 Å². The zero-order chi connectivity index (χ0) is 15.7. The molecule has 0 radical (unpaired) electrons. The second-order valence-corrected chi connectivity index (χ2v) is 5.38. The van der Waals surface area contributed by atoms with E-state index in [-0.39, 0.29) is 18.6 Å². The molecule has 3 heteroatoms. The van der Waals surface area contributed by atoms with E-state index in [2.05, 4.69) is 24.1 Å². The predicted molar refractivity (Wildman–Crippen MR) is 86.2 cm³/mol. The molecule has 1 aromatic carbocycles. The number of aliphatic hydroxyl groups is 1. The van der Waals surface area contributed by atoms with Crippen LogP contribution in [0.1, 0.15) is 61.0 Å². The standard InChI is InChI=1S/C18H25NO2/c1-4-5-8-15(3)19-18(21)17-12-14(2)11-16(13-17)9-6-7-10-20/h11-13,15,20H,4-5,7-8,10H2,1-3H3,(H,19,21). The Balaban J connectivity index is 2.78. The first-order valence-corrected chi connectivity index (χ1v) is 7.59. The van der Waals surface area contributed by atoms with E-state index in [0.717, 1.165) is 30.4 Å². The van der Waals surface area contributed by atoms with Crippen LogP contribution in [0, 0.1) is 18.8 Å². The molecule has 0 aliphatic carbocycles. The molecule has 0 aliphatic heterocycles. The smallest absolute Gasteiger partial charge is 0.251 e. The average molecular weight is 287 g/mol. The van der Waals surface area contributed by atoms with Crippen molar-refractivity contribution in [3.8, 4) is 11.8 Å². The van der Waals surface area contributed by atoms with Crippen LogP contribution < -0.4 is 5.32 Å². The number of carbonyl (C=O) groups is 1. The van der Waals surface area contributed by atoms with Crippen LogP contribution in [0.15, 0.2) is 18.2 Å². The van der Waals surface area contributed by atoms with E-state index < -0.39 is 0 Å². The average Bonchev–Trinajstić information content (AvgIpc) is 2.44. The minimum Gasteiger partial charge on any atom is -0.395 e. The van der Waals surface area contributed by atoms with Gasteiger partial charge in [0, 0.05) is 23.6 Å². The first kappa shape index (κ1) is 17.3. The van der Waals surface area contributed by atoms with Gasteiger partial charge in [0.15, 0.2) is 0 Å². The Morgan fingerprint density at radius 3 is 2.81 bits per heavy atom. The Hall–Kier alpha value is -1.79. The van der Waals surface area contributed by atoms with Crippen LogP contribution in [0.25, 0.3) is 0 Å². The lowest BCUT2D eigenvalue weighted by Gasteiger charge is -2.13. The van der Waals surface area contributed by atoms with Crippen molar-refractivity contribution in [3.05, 3.63) is 34.9 Å². The van der Waals surface area contributed by atoms with Crippen molar-refractivity contribution in [1.29, 1.82) is 0 Å². The minimum absolute atomic E-state index is 0.0486. The van der Waals surface area contributed by atoms with Crippen molar-refractivity contribution in [3.63, 3.8) is 0 Å². The fourth-order valence-electron chi connectivity index (χ4n) is 2.10. The SMILES string of the molecule is CCCCC(C)NC(=O)c1cc(C)cc(C#CCCO)c1. The normalized spacial score (nSPS) is 11.4. The summed E-state index contributed by atoms with van der Waals surface area (Å²) >= 11 is 0. The Labute approximate surface area is 127 Å². The second-order valence-electron chi connectivity index (χ2n) is 5.38. The lowest BCUT2D eigenvalue weighted by molar-refractivity contribution is 0.0938. The Morgan fingerprint density at radius 1 is 1.38 bits per heavy atom. The summed E-state index contributed by atoms with van der Waals surface area (Å²) in [6.45, 7) is 6.19. The highest BCUT2D eigenvalue weighted by molar-refractivity contribution is 5.95. The highest BCUT2D eigenvalue weighted by Crippen LogP contribution is 2.10. The van der Waals surface area contributed by atoms with Crippen LogP contribution in [0.3, 0.4) is 0 Å². The molecule has 1 atom stereocenters. The molecule has 0 bridgehead atoms. The molecule has 0 aromatic heterocycles. The lowest BCUT2D eigenvalue weighted by atomic mass is 10.1. The van der Waals surface area contributed by atoms with E-state index in [4.69, 9.17) is 5.11 Å². The first-order valence-electron chi connectivity index (χ1n) is 7.59. The van der Waals surface area contributed by atoms with Crippen LogP contribution >= 0.6 is 0 Å². The highest BCUT2D eigenvalue weighted by Gasteiger charge is 2.10. The van der Waals surface area contributed by atoms with Gasteiger partial charge in [-0.2, -0.15) is 0 Å². The van der Waals surface area contributed by atoms with Gasteiger partial charge in [0.1, 0.15) is 0 Å². The summed E-state index contributed by atoms with van der Waals surface area (Å²) in [6, 6.07) is 5.81. The molecule has 114 valence electrons. The summed E-state index contributed by atoms with van der Waals surface area (Å²) in [6.07, 6.45) is 3.70. The van der Waals surface area contributed by atoms with Gasteiger partial charge >= 0.3 is 0 Å². The fourth-order valence-corrected chi connectivity index (χ4v) is 2.10. The maximum absolute atomic E-state index is 12.3. The van der Waals surface area contributed by atoms with Crippen molar-refractivity contribution < 1.29 is 9.90 Å². The molecule has 0 saturated carbocycles. The van der Waals surface area contributed by atoms with Crippen molar-refractivity contribution >= 4 is 5.91 Å². The molecule has 1 aromatic rings. The monoisotopic (exact) mass is 287 g/mol. The fraction of sp³-hybridized carbons (Fsp3) is 0.500. The van der Waals surface area contributed by atoms with Gasteiger partial charge in [0.05, 0.1) is 6.61 Å². The molecule has 0 fully saturated rings. The Bertz CT molecular complexity index is 526. The predicted octanol–water partition coefficient (Wildman–Crippen LogP) is 3.04. The number of unbranched alkanes of at least 4 members (excludes halogenated alkanes) is 1. The van der Waals surface area contributed by atoms with Crippen LogP contribution in [0.2, 0.25) is 0 Å². The maximum atomic E-state index is 12.3. The number of hydrogen-bond donors (Lipinski definition) is 2. The molecule has 3 nitrogen and oxygen atoms in total. The summed E-state index contributed by atoms with van der Waals surface area (Å²) in [7, 11) is 0. The molecule has 0 aliphatic rings. The van der Waals surface area contributed by atoms with Gasteiger partial charge in [0.2, 0.25) is 0 Å². The van der Waals surface area contributed by atoms with E-state index in [1.807, 2.05) is 26.0 Å². The molecule has 0 saturated heterocycles. The highest BCUT2D eigenvalue weighted by atomic mass is 16.2. The second kappa shape index (κ2) is 9.20. The summed E-state index contributed by atoms with van der Waals surface area (Å²) in [5.74, 6) is 5.81. The largest absolute Gasteiger partial charge is 0.395 e. The number of nitrogens with one attached hydrogen (secondary N) is 1. The summed E-state index contributed by atoms with van der Waals surface area (Å²) < 4.78 is 0. The summed E-state index contributed by atoms with van der Waals surface area (Å²) in [4.78, 5) is 12.3. The topological polar surface area (TPSA) is 49.3 Å². The summed E-state index contributed by atoms with van der Waals surface area (Å²) in [5, 5.41) is 11.8. The molecule has 1 rings (SSSR count). The zero-order valence-electron chi connectivity index (χ0n) is 13.2. The van der Waals surface area contributed by atoms with E-state index in [0.29, 0.717) is 12.0 Å². The van der Waals surface area contributed by atoms with Crippen molar-refractivity contribution in [2.45, 2.75) is 52.5 Å². The number of benzene rings is 1. The van der Waals surface area contributed by atoms with Crippen molar-refractivity contribution in [1.82, 2.24) is 5.32 Å². The molecule has 0 spiro atoms. The third-order valence-electron chi connectivity index (χ3n) is 3.18. The number of hydrogen-bond acceptors (Lipinski definition) is 2. The van der Waals surface area contributed by atoms with E-state index in [1.54, 1.807) is 6.07 Å². The van der Waals surface area contributed by atoms with Crippen molar-refractivity contribution in [2.24, 2.45) is 0 Å². The van der Waals surface area contributed by atoms with Crippen LogP contribution in [0.4, 0.5) is 0 Å². The van der Waals surface area contributed by atoms with E-state index >= 15 is 0 Å². The molecular weight excluding hydrogens is 262 g/mol. The van der Waals surface area contributed by atoms with Gasteiger partial charge in [-0.25, -0.2) is 0 Å². The van der Waals surface area contributed by atoms with Crippen LogP contribution in [-0.4, -0.2) is 23.7 Å². The molecule has 0 heterocycles. The first-order chi connectivity index (χ1) is 10.1. The molecular formula is C18H25NO2. The third kappa shape index (κ3) is 6.46. The maximum Gasteiger partial charge on any atom is 0.251 e. The van der Waals surface area contributed by atoms with Gasteiger partial charge in [-0.1, -0.05) is 31.6 Å². The van der Waals surface area contributed by atoms with E-state index in [1.165, 1.54) is 0 Å². The molecule has 2 N–H and O–H groups in total. The van der Waals surface area contributed by atoms with Gasteiger partial charge in [-0.3, -0.25) is 4.79 Å². The minimum atomic E-state index is -0.0486. The third-order valence-corrected chi connectivity index (χ3v) is 3.18. The molecule has 1 unspecified atom stereocenters. The van der Waals surface area contributed by atoms with Crippen molar-refractivity contribution in [2.75, 3.05) is 6.61 Å². The van der Waals surface area contributed by atoms with Gasteiger partial charge in [-0.15, -0.1) is 0 Å². The number of aliphatic hydroxyl groups excluding tert-OH is 1. The number of carbonyl (C=O) groups excluding carboxylic acids is 1. The van der Waals surface area contributed by atoms with E-state index in [9.17, 15) is 4.79 Å². The molecule has 1 amide bonds. The number of amides is 1. The van der Waals surface area contributed by atoms with Crippen LogP contribution in [-0.2, 0) is 0 Å². The Morgan fingerprint density at radius 2 is 2.14 bits per heavy atom.